The van der Waals surface area contributed by atoms with E-state index in [9.17, 15) is 4.39 Å². The highest BCUT2D eigenvalue weighted by molar-refractivity contribution is 7.80. The van der Waals surface area contributed by atoms with Crippen molar-refractivity contribution in [3.05, 3.63) is 35.1 Å². The molecule has 4 rings (SSSR count). The Bertz CT molecular complexity index is 576. The average molecular weight is 375 g/mol. The van der Waals surface area contributed by atoms with Gasteiger partial charge in [-0.3, -0.25) is 0 Å². The van der Waals surface area contributed by atoms with Gasteiger partial charge in [0.2, 0.25) is 0 Å². The lowest BCUT2D eigenvalue weighted by Crippen LogP contribution is -2.25. The highest BCUT2D eigenvalue weighted by Crippen LogP contribution is 2.44. The summed E-state index contributed by atoms with van der Waals surface area (Å²) in [5, 5.41) is 0.647. The number of rotatable bonds is 3. The summed E-state index contributed by atoms with van der Waals surface area (Å²) >= 11 is 4.65. The minimum atomic E-state index is 0.0728. The minimum absolute atomic E-state index is 0.0728. The SMILES string of the molecule is Fc1cc(C2CCC(C3CCC(S)CC3)CC2)ccc1C1CCCCC1. The van der Waals surface area contributed by atoms with Crippen LogP contribution in [0.1, 0.15) is 106 Å². The van der Waals surface area contributed by atoms with Gasteiger partial charge in [0.25, 0.3) is 0 Å². The fourth-order valence-electron chi connectivity index (χ4n) is 6.04. The van der Waals surface area contributed by atoms with E-state index >= 15 is 0 Å². The molecule has 0 radical (unpaired) electrons. The van der Waals surface area contributed by atoms with Crippen LogP contribution in [0.2, 0.25) is 0 Å². The van der Waals surface area contributed by atoms with Gasteiger partial charge in [0.15, 0.2) is 0 Å². The monoisotopic (exact) mass is 374 g/mol. The first-order valence-electron chi connectivity index (χ1n) is 11.2. The molecule has 3 aliphatic rings. The van der Waals surface area contributed by atoms with E-state index in [1.807, 2.05) is 6.07 Å². The molecule has 3 aliphatic carbocycles. The van der Waals surface area contributed by atoms with E-state index < -0.39 is 0 Å². The van der Waals surface area contributed by atoms with Crippen molar-refractivity contribution in [3.63, 3.8) is 0 Å². The first kappa shape index (κ1) is 18.8. The van der Waals surface area contributed by atoms with E-state index in [0.29, 0.717) is 17.1 Å². The highest BCUT2D eigenvalue weighted by Gasteiger charge is 2.31. The van der Waals surface area contributed by atoms with Gasteiger partial charge >= 0.3 is 0 Å². The molecule has 0 N–H and O–H groups in total. The predicted molar refractivity (Wildman–Crippen MR) is 112 cm³/mol. The van der Waals surface area contributed by atoms with Gasteiger partial charge in [-0.2, -0.15) is 12.6 Å². The second-order valence-corrected chi connectivity index (χ2v) is 10.0. The van der Waals surface area contributed by atoms with Crippen LogP contribution >= 0.6 is 12.6 Å². The summed E-state index contributed by atoms with van der Waals surface area (Å²) in [7, 11) is 0. The molecule has 0 aromatic heterocycles. The molecular formula is C24H35FS. The summed E-state index contributed by atoms with van der Waals surface area (Å²) in [5.74, 6) is 2.98. The number of thiol groups is 1. The number of benzene rings is 1. The zero-order chi connectivity index (χ0) is 17.9. The Hall–Kier alpha value is -0.500. The Morgan fingerprint density at radius 3 is 1.92 bits per heavy atom. The Morgan fingerprint density at radius 1 is 0.692 bits per heavy atom. The maximum atomic E-state index is 14.8. The molecule has 144 valence electrons. The standard InChI is InChI=1S/C24H35FS/c25-24-16-21(12-15-23(24)20-4-2-1-3-5-20)19-8-6-17(7-9-19)18-10-13-22(26)14-11-18/h12,15-20,22,26H,1-11,13-14H2. The van der Waals surface area contributed by atoms with Gasteiger partial charge in [-0.25, -0.2) is 4.39 Å². The van der Waals surface area contributed by atoms with E-state index in [1.54, 1.807) is 0 Å². The van der Waals surface area contributed by atoms with Gasteiger partial charge in [-0.05, 0) is 105 Å². The first-order chi connectivity index (χ1) is 12.7. The Balaban J connectivity index is 1.34. The zero-order valence-electron chi connectivity index (χ0n) is 16.1. The van der Waals surface area contributed by atoms with Crippen molar-refractivity contribution in [3.8, 4) is 0 Å². The van der Waals surface area contributed by atoms with Gasteiger partial charge in [-0.1, -0.05) is 31.4 Å². The number of hydrogen-bond acceptors (Lipinski definition) is 1. The molecule has 2 heteroatoms. The summed E-state index contributed by atoms with van der Waals surface area (Å²) in [6.45, 7) is 0. The van der Waals surface area contributed by atoms with Crippen LogP contribution in [0.25, 0.3) is 0 Å². The van der Waals surface area contributed by atoms with Crippen LogP contribution < -0.4 is 0 Å². The third kappa shape index (κ3) is 4.32. The highest BCUT2D eigenvalue weighted by atomic mass is 32.1. The Labute approximate surface area is 164 Å². The Kier molecular flexibility index (Phi) is 6.29. The lowest BCUT2D eigenvalue weighted by atomic mass is 9.69. The average Bonchev–Trinajstić information content (AvgIpc) is 2.69. The van der Waals surface area contributed by atoms with E-state index in [1.165, 1.54) is 89.0 Å². The van der Waals surface area contributed by atoms with Crippen molar-refractivity contribution >= 4 is 12.6 Å². The molecule has 3 saturated carbocycles. The van der Waals surface area contributed by atoms with Gasteiger partial charge in [0.05, 0.1) is 0 Å². The van der Waals surface area contributed by atoms with Crippen molar-refractivity contribution in [1.82, 2.24) is 0 Å². The lowest BCUT2D eigenvalue weighted by Gasteiger charge is -2.37. The maximum Gasteiger partial charge on any atom is 0.126 e. The van der Waals surface area contributed by atoms with Crippen LogP contribution in [0.15, 0.2) is 18.2 Å². The molecule has 1 aromatic carbocycles. The van der Waals surface area contributed by atoms with Crippen LogP contribution in [0.3, 0.4) is 0 Å². The van der Waals surface area contributed by atoms with Gasteiger partial charge in [0.1, 0.15) is 5.82 Å². The molecular weight excluding hydrogens is 339 g/mol. The molecule has 0 spiro atoms. The van der Waals surface area contributed by atoms with Crippen LogP contribution in [0, 0.1) is 17.7 Å². The fraction of sp³-hybridized carbons (Fsp3) is 0.750. The molecule has 0 atom stereocenters. The largest absolute Gasteiger partial charge is 0.207 e. The zero-order valence-corrected chi connectivity index (χ0v) is 17.0. The third-order valence-corrected chi connectivity index (χ3v) is 8.24. The summed E-state index contributed by atoms with van der Waals surface area (Å²) in [4.78, 5) is 0. The molecule has 0 aliphatic heterocycles. The quantitative estimate of drug-likeness (QED) is 0.516. The second-order valence-electron chi connectivity index (χ2n) is 9.30. The Morgan fingerprint density at radius 2 is 1.31 bits per heavy atom. The molecule has 1 aromatic rings. The molecule has 0 amide bonds. The fourth-order valence-corrected chi connectivity index (χ4v) is 6.34. The van der Waals surface area contributed by atoms with E-state index in [-0.39, 0.29) is 5.82 Å². The molecule has 0 unspecified atom stereocenters. The van der Waals surface area contributed by atoms with Crippen LogP contribution in [-0.4, -0.2) is 5.25 Å². The first-order valence-corrected chi connectivity index (χ1v) is 11.7. The van der Waals surface area contributed by atoms with Gasteiger partial charge in [-0.15, -0.1) is 0 Å². The van der Waals surface area contributed by atoms with Gasteiger partial charge in [0, 0.05) is 5.25 Å². The molecule has 0 bridgehead atoms. The van der Waals surface area contributed by atoms with Crippen molar-refractivity contribution in [2.75, 3.05) is 0 Å². The summed E-state index contributed by atoms with van der Waals surface area (Å²) in [6, 6.07) is 6.27. The molecule has 0 saturated heterocycles. The van der Waals surface area contributed by atoms with Crippen LogP contribution in [-0.2, 0) is 0 Å². The van der Waals surface area contributed by atoms with Crippen molar-refractivity contribution in [1.29, 1.82) is 0 Å². The lowest BCUT2D eigenvalue weighted by molar-refractivity contribution is 0.188. The number of halogens is 1. The predicted octanol–water partition coefficient (Wildman–Crippen LogP) is 7.64. The molecule has 0 heterocycles. The topological polar surface area (TPSA) is 0 Å². The van der Waals surface area contributed by atoms with E-state index in [0.717, 1.165) is 17.4 Å². The van der Waals surface area contributed by atoms with Crippen molar-refractivity contribution in [2.24, 2.45) is 11.8 Å². The summed E-state index contributed by atoms with van der Waals surface area (Å²) < 4.78 is 14.8. The second kappa shape index (κ2) is 8.67. The van der Waals surface area contributed by atoms with Crippen molar-refractivity contribution < 1.29 is 4.39 Å². The minimum Gasteiger partial charge on any atom is -0.207 e. The van der Waals surface area contributed by atoms with Gasteiger partial charge < -0.3 is 0 Å². The van der Waals surface area contributed by atoms with E-state index in [2.05, 4.69) is 24.8 Å². The maximum absolute atomic E-state index is 14.8. The van der Waals surface area contributed by atoms with E-state index in [4.69, 9.17) is 0 Å². The van der Waals surface area contributed by atoms with Crippen molar-refractivity contribution in [2.45, 2.75) is 101 Å². The normalized spacial score (nSPS) is 33.9. The summed E-state index contributed by atoms with van der Waals surface area (Å²) in [5.41, 5.74) is 2.25. The molecule has 26 heavy (non-hydrogen) atoms. The molecule has 3 fully saturated rings. The summed E-state index contributed by atoms with van der Waals surface area (Å²) in [6.07, 6.45) is 16.8. The molecule has 0 nitrogen and oxygen atoms in total. The third-order valence-electron chi connectivity index (χ3n) is 7.72. The van der Waals surface area contributed by atoms with Crippen LogP contribution in [0.4, 0.5) is 4.39 Å². The number of hydrogen-bond donors (Lipinski definition) is 1. The van der Waals surface area contributed by atoms with Crippen LogP contribution in [0.5, 0.6) is 0 Å². The smallest absolute Gasteiger partial charge is 0.126 e.